The molecule has 0 aliphatic rings. The highest BCUT2D eigenvalue weighted by Gasteiger charge is 2.13. The molecule has 0 radical (unpaired) electrons. The van der Waals surface area contributed by atoms with E-state index in [-0.39, 0.29) is 5.91 Å². The predicted octanol–water partition coefficient (Wildman–Crippen LogP) is 4.01. The standard InChI is InChI=1S/C19H26N4O/c1-6-23(7-2)18-12-17(20-14(5)21-18)19(24)22-16-10-8-15(9-11-16)13(3)4/h8-13H,6-7H2,1-5H3,(H,22,24). The van der Waals surface area contributed by atoms with Gasteiger partial charge in [-0.15, -0.1) is 0 Å². The zero-order valence-corrected chi connectivity index (χ0v) is 15.1. The van der Waals surface area contributed by atoms with Gasteiger partial charge in [-0.1, -0.05) is 26.0 Å². The van der Waals surface area contributed by atoms with Crippen LogP contribution in [0.1, 0.15) is 55.5 Å². The molecule has 1 aromatic heterocycles. The molecular weight excluding hydrogens is 300 g/mol. The summed E-state index contributed by atoms with van der Waals surface area (Å²) in [6.45, 7) is 11.9. The molecule has 5 heteroatoms. The van der Waals surface area contributed by atoms with E-state index in [1.54, 1.807) is 13.0 Å². The van der Waals surface area contributed by atoms with Crippen LogP contribution in [0.5, 0.6) is 0 Å². The van der Waals surface area contributed by atoms with Gasteiger partial charge in [0.25, 0.3) is 5.91 Å². The lowest BCUT2D eigenvalue weighted by Gasteiger charge is -2.20. The Kier molecular flexibility index (Phi) is 5.90. The van der Waals surface area contributed by atoms with Crippen LogP contribution in [0, 0.1) is 6.92 Å². The van der Waals surface area contributed by atoms with Crippen molar-refractivity contribution in [2.24, 2.45) is 0 Å². The minimum Gasteiger partial charge on any atom is -0.357 e. The van der Waals surface area contributed by atoms with Crippen LogP contribution < -0.4 is 10.2 Å². The smallest absolute Gasteiger partial charge is 0.274 e. The van der Waals surface area contributed by atoms with Crippen LogP contribution in [0.25, 0.3) is 0 Å². The van der Waals surface area contributed by atoms with E-state index >= 15 is 0 Å². The van der Waals surface area contributed by atoms with Crippen LogP contribution in [0.3, 0.4) is 0 Å². The van der Waals surface area contributed by atoms with E-state index in [9.17, 15) is 4.79 Å². The van der Waals surface area contributed by atoms with Gasteiger partial charge >= 0.3 is 0 Å². The minimum absolute atomic E-state index is 0.216. The van der Waals surface area contributed by atoms with E-state index < -0.39 is 0 Å². The summed E-state index contributed by atoms with van der Waals surface area (Å²) in [6.07, 6.45) is 0. The largest absolute Gasteiger partial charge is 0.357 e. The Morgan fingerprint density at radius 1 is 1.12 bits per heavy atom. The van der Waals surface area contributed by atoms with Crippen LogP contribution in [0.15, 0.2) is 30.3 Å². The summed E-state index contributed by atoms with van der Waals surface area (Å²) in [6, 6.07) is 9.66. The van der Waals surface area contributed by atoms with E-state index in [4.69, 9.17) is 0 Å². The number of nitrogens with zero attached hydrogens (tertiary/aromatic N) is 3. The number of aryl methyl sites for hydroxylation is 1. The van der Waals surface area contributed by atoms with Crippen molar-refractivity contribution in [3.8, 4) is 0 Å². The highest BCUT2D eigenvalue weighted by molar-refractivity contribution is 6.03. The SMILES string of the molecule is CCN(CC)c1cc(C(=O)Nc2ccc(C(C)C)cc2)nc(C)n1. The van der Waals surface area contributed by atoms with Gasteiger partial charge in [0.2, 0.25) is 0 Å². The van der Waals surface area contributed by atoms with Gasteiger partial charge in [-0.25, -0.2) is 9.97 Å². The zero-order chi connectivity index (χ0) is 17.7. The highest BCUT2D eigenvalue weighted by atomic mass is 16.1. The summed E-state index contributed by atoms with van der Waals surface area (Å²) in [5.74, 6) is 1.63. The number of carbonyl (C=O) groups is 1. The molecular formula is C19H26N4O. The van der Waals surface area contributed by atoms with E-state index in [0.717, 1.165) is 24.6 Å². The molecule has 2 aromatic rings. The van der Waals surface area contributed by atoms with Gasteiger partial charge in [0.1, 0.15) is 17.3 Å². The molecule has 1 heterocycles. The van der Waals surface area contributed by atoms with E-state index in [1.807, 2.05) is 24.3 Å². The number of benzene rings is 1. The number of aromatic nitrogens is 2. The van der Waals surface area contributed by atoms with Crippen molar-refractivity contribution in [3.63, 3.8) is 0 Å². The first-order valence-electron chi connectivity index (χ1n) is 8.46. The van der Waals surface area contributed by atoms with Crippen LogP contribution in [-0.4, -0.2) is 29.0 Å². The summed E-state index contributed by atoms with van der Waals surface area (Å²) in [4.78, 5) is 23.3. The Bertz CT molecular complexity index is 691. The van der Waals surface area contributed by atoms with E-state index in [0.29, 0.717) is 17.4 Å². The van der Waals surface area contributed by atoms with Crippen LogP contribution in [-0.2, 0) is 0 Å². The molecule has 1 aromatic carbocycles. The van der Waals surface area contributed by atoms with Crippen LogP contribution >= 0.6 is 0 Å². The molecule has 0 saturated carbocycles. The van der Waals surface area contributed by atoms with Gasteiger partial charge in [-0.2, -0.15) is 0 Å². The fraction of sp³-hybridized carbons (Fsp3) is 0.421. The molecule has 0 atom stereocenters. The van der Waals surface area contributed by atoms with Crippen LogP contribution in [0.4, 0.5) is 11.5 Å². The molecule has 2 rings (SSSR count). The lowest BCUT2D eigenvalue weighted by molar-refractivity contribution is 0.102. The van der Waals surface area contributed by atoms with Crippen molar-refractivity contribution in [3.05, 3.63) is 47.4 Å². The molecule has 0 saturated heterocycles. The van der Waals surface area contributed by atoms with E-state index in [2.05, 4.69) is 47.9 Å². The molecule has 0 aliphatic carbocycles. The van der Waals surface area contributed by atoms with Gasteiger partial charge in [0.05, 0.1) is 0 Å². The number of nitrogens with one attached hydrogen (secondary N) is 1. The topological polar surface area (TPSA) is 58.1 Å². The number of anilines is 2. The fourth-order valence-corrected chi connectivity index (χ4v) is 2.52. The lowest BCUT2D eigenvalue weighted by atomic mass is 10.0. The third kappa shape index (κ3) is 4.31. The Morgan fingerprint density at radius 2 is 1.75 bits per heavy atom. The molecule has 0 spiro atoms. The predicted molar refractivity (Wildman–Crippen MR) is 98.8 cm³/mol. The fourth-order valence-electron chi connectivity index (χ4n) is 2.52. The first-order chi connectivity index (χ1) is 11.4. The summed E-state index contributed by atoms with van der Waals surface area (Å²) in [7, 11) is 0. The Morgan fingerprint density at radius 3 is 2.29 bits per heavy atom. The van der Waals surface area contributed by atoms with Gasteiger partial charge < -0.3 is 10.2 Å². The Hall–Kier alpha value is -2.43. The quantitative estimate of drug-likeness (QED) is 0.871. The Labute approximate surface area is 144 Å². The zero-order valence-electron chi connectivity index (χ0n) is 15.1. The molecule has 0 aliphatic heterocycles. The normalized spacial score (nSPS) is 10.8. The minimum atomic E-state index is -0.216. The number of carbonyl (C=O) groups excluding carboxylic acids is 1. The maximum absolute atomic E-state index is 12.5. The maximum atomic E-state index is 12.5. The molecule has 0 bridgehead atoms. The molecule has 1 amide bonds. The second-order valence-corrected chi connectivity index (χ2v) is 6.06. The summed E-state index contributed by atoms with van der Waals surface area (Å²) < 4.78 is 0. The van der Waals surface area contributed by atoms with Gasteiger partial charge in [-0.3, -0.25) is 4.79 Å². The molecule has 0 fully saturated rings. The van der Waals surface area contributed by atoms with Crippen LogP contribution in [0.2, 0.25) is 0 Å². The molecule has 24 heavy (non-hydrogen) atoms. The van der Waals surface area contributed by atoms with Crippen molar-refractivity contribution in [2.75, 3.05) is 23.3 Å². The van der Waals surface area contributed by atoms with Gasteiger partial charge in [0.15, 0.2) is 0 Å². The number of amides is 1. The summed E-state index contributed by atoms with van der Waals surface area (Å²) in [5.41, 5.74) is 2.40. The second-order valence-electron chi connectivity index (χ2n) is 6.06. The van der Waals surface area contributed by atoms with Crippen molar-refractivity contribution in [2.45, 2.75) is 40.5 Å². The second kappa shape index (κ2) is 7.90. The summed E-state index contributed by atoms with van der Waals surface area (Å²) >= 11 is 0. The van der Waals surface area contributed by atoms with E-state index in [1.165, 1.54) is 5.56 Å². The van der Waals surface area contributed by atoms with Gasteiger partial charge in [0, 0.05) is 24.8 Å². The van der Waals surface area contributed by atoms with Crippen molar-refractivity contribution >= 4 is 17.4 Å². The highest BCUT2D eigenvalue weighted by Crippen LogP contribution is 2.18. The third-order valence-electron chi connectivity index (χ3n) is 3.98. The molecule has 128 valence electrons. The maximum Gasteiger partial charge on any atom is 0.274 e. The third-order valence-corrected chi connectivity index (χ3v) is 3.98. The van der Waals surface area contributed by atoms with Crippen molar-refractivity contribution < 1.29 is 4.79 Å². The van der Waals surface area contributed by atoms with Crippen molar-refractivity contribution in [1.82, 2.24) is 9.97 Å². The number of hydrogen-bond donors (Lipinski definition) is 1. The first kappa shape index (κ1) is 17.9. The lowest BCUT2D eigenvalue weighted by Crippen LogP contribution is -2.24. The molecule has 1 N–H and O–H groups in total. The number of hydrogen-bond acceptors (Lipinski definition) is 4. The molecule has 0 unspecified atom stereocenters. The average Bonchev–Trinajstić information content (AvgIpc) is 2.56. The monoisotopic (exact) mass is 326 g/mol. The summed E-state index contributed by atoms with van der Waals surface area (Å²) in [5, 5.41) is 2.91. The Balaban J connectivity index is 2.20. The number of rotatable bonds is 6. The average molecular weight is 326 g/mol. The van der Waals surface area contributed by atoms with Crippen molar-refractivity contribution in [1.29, 1.82) is 0 Å². The molecule has 5 nitrogen and oxygen atoms in total. The van der Waals surface area contributed by atoms with Gasteiger partial charge in [-0.05, 0) is 44.4 Å². The first-order valence-corrected chi connectivity index (χ1v) is 8.46.